The van der Waals surface area contributed by atoms with Gasteiger partial charge in [-0.05, 0) is 63.1 Å². The van der Waals surface area contributed by atoms with Gasteiger partial charge in [-0.25, -0.2) is 4.98 Å². The van der Waals surface area contributed by atoms with Crippen LogP contribution in [0.5, 0.6) is 0 Å². The molecule has 3 aromatic rings. The summed E-state index contributed by atoms with van der Waals surface area (Å²) in [6.07, 6.45) is 0. The molecule has 0 unspecified atom stereocenters. The number of aromatic nitrogens is 2. The molecule has 6 heteroatoms. The quantitative estimate of drug-likeness (QED) is 0.320. The van der Waals surface area contributed by atoms with Crippen molar-refractivity contribution in [1.82, 2.24) is 14.5 Å². The van der Waals surface area contributed by atoms with Crippen LogP contribution in [0.4, 0.5) is 0 Å². The molecule has 0 saturated heterocycles. The highest BCUT2D eigenvalue weighted by Crippen LogP contribution is 2.23. The van der Waals surface area contributed by atoms with Crippen molar-refractivity contribution < 1.29 is 4.79 Å². The van der Waals surface area contributed by atoms with Crippen LogP contribution in [0.15, 0.2) is 64.6 Å². The van der Waals surface area contributed by atoms with E-state index in [9.17, 15) is 9.59 Å². The number of amides is 1. The number of benzene rings is 2. The van der Waals surface area contributed by atoms with E-state index in [0.717, 1.165) is 22.4 Å². The number of nitrogens with zero attached hydrogens (tertiary/aromatic N) is 3. The number of hydrogen-bond acceptors (Lipinski definition) is 4. The molecule has 156 valence electrons. The Kier molecular flexibility index (Phi) is 6.77. The van der Waals surface area contributed by atoms with E-state index in [4.69, 9.17) is 4.98 Å². The molecule has 0 radical (unpaired) electrons. The lowest BCUT2D eigenvalue weighted by Gasteiger charge is -2.21. The van der Waals surface area contributed by atoms with E-state index in [1.807, 2.05) is 64.1 Å². The minimum Gasteiger partial charge on any atom is -0.338 e. The Morgan fingerprint density at radius 1 is 1.17 bits per heavy atom. The fourth-order valence-electron chi connectivity index (χ4n) is 3.22. The van der Waals surface area contributed by atoms with Crippen LogP contribution in [-0.2, 0) is 4.79 Å². The summed E-state index contributed by atoms with van der Waals surface area (Å²) in [6.45, 7) is 13.0. The van der Waals surface area contributed by atoms with Gasteiger partial charge in [0.05, 0.1) is 22.3 Å². The molecule has 0 fully saturated rings. The highest BCUT2D eigenvalue weighted by Gasteiger charge is 2.17. The maximum atomic E-state index is 13.3. The molecule has 0 atom stereocenters. The molecule has 0 aliphatic heterocycles. The molecule has 1 amide bonds. The topological polar surface area (TPSA) is 55.2 Å². The molecule has 3 rings (SSSR count). The molecule has 0 aliphatic carbocycles. The van der Waals surface area contributed by atoms with Crippen LogP contribution in [0.2, 0.25) is 0 Å². The summed E-state index contributed by atoms with van der Waals surface area (Å²) >= 11 is 1.29. The predicted octanol–water partition coefficient (Wildman–Crippen LogP) is 4.52. The summed E-state index contributed by atoms with van der Waals surface area (Å²) in [4.78, 5) is 32.5. The van der Waals surface area contributed by atoms with Gasteiger partial charge in [-0.2, -0.15) is 0 Å². The summed E-state index contributed by atoms with van der Waals surface area (Å²) in [5.41, 5.74) is 4.44. The van der Waals surface area contributed by atoms with Gasteiger partial charge in [0.15, 0.2) is 5.16 Å². The zero-order valence-electron chi connectivity index (χ0n) is 17.9. The molecular weight excluding hydrogens is 394 g/mol. The van der Waals surface area contributed by atoms with Crippen molar-refractivity contribution >= 4 is 28.6 Å². The first-order chi connectivity index (χ1) is 14.3. The smallest absolute Gasteiger partial charge is 0.266 e. The van der Waals surface area contributed by atoms with Gasteiger partial charge in [-0.1, -0.05) is 42.1 Å². The van der Waals surface area contributed by atoms with Crippen molar-refractivity contribution in [3.63, 3.8) is 0 Å². The Labute approximate surface area is 181 Å². The van der Waals surface area contributed by atoms with Gasteiger partial charge in [0.25, 0.3) is 5.56 Å². The second-order valence-electron chi connectivity index (χ2n) is 7.47. The number of rotatable bonds is 7. The predicted molar refractivity (Wildman–Crippen MR) is 125 cm³/mol. The highest BCUT2D eigenvalue weighted by molar-refractivity contribution is 7.99. The third-order valence-electron chi connectivity index (χ3n) is 5.01. The number of carbonyl (C=O) groups is 1. The van der Waals surface area contributed by atoms with Crippen LogP contribution in [-0.4, -0.2) is 39.2 Å². The van der Waals surface area contributed by atoms with Crippen molar-refractivity contribution in [3.05, 3.63) is 76.1 Å². The summed E-state index contributed by atoms with van der Waals surface area (Å²) in [5.74, 6) is 0.205. The first-order valence-corrected chi connectivity index (χ1v) is 10.9. The Morgan fingerprint density at radius 2 is 1.90 bits per heavy atom. The molecule has 30 heavy (non-hydrogen) atoms. The fraction of sp³-hybridized carbons (Fsp3) is 0.292. The fourth-order valence-corrected chi connectivity index (χ4v) is 4.14. The number of para-hydroxylation sites is 1. The van der Waals surface area contributed by atoms with Gasteiger partial charge in [0, 0.05) is 13.1 Å². The Morgan fingerprint density at radius 3 is 2.57 bits per heavy atom. The van der Waals surface area contributed by atoms with Gasteiger partial charge in [0.2, 0.25) is 5.91 Å². The molecule has 0 spiro atoms. The summed E-state index contributed by atoms with van der Waals surface area (Å²) in [5, 5.41) is 1.07. The lowest BCUT2D eigenvalue weighted by Crippen LogP contribution is -2.33. The van der Waals surface area contributed by atoms with Gasteiger partial charge in [-0.15, -0.1) is 0 Å². The number of fused-ring (bicyclic) bond motifs is 1. The molecule has 0 saturated carbocycles. The van der Waals surface area contributed by atoms with E-state index in [0.29, 0.717) is 29.1 Å². The summed E-state index contributed by atoms with van der Waals surface area (Å²) in [6, 6.07) is 13.2. The number of carbonyl (C=O) groups excluding carboxylic acids is 1. The molecule has 1 heterocycles. The van der Waals surface area contributed by atoms with Crippen LogP contribution >= 0.6 is 11.8 Å². The maximum Gasteiger partial charge on any atom is 0.266 e. The standard InChI is InChI=1S/C24H27N3O2S/c1-6-26(14-16(2)3)22(28)15-30-24-25-21-10-8-7-9-20(21)23(29)27(24)19-12-11-17(4)18(5)13-19/h7-13H,2,6,14-15H2,1,3-5H3. The van der Waals surface area contributed by atoms with Crippen molar-refractivity contribution in [1.29, 1.82) is 0 Å². The van der Waals surface area contributed by atoms with E-state index in [2.05, 4.69) is 6.58 Å². The molecule has 5 nitrogen and oxygen atoms in total. The van der Waals surface area contributed by atoms with Gasteiger partial charge in [-0.3, -0.25) is 14.2 Å². The van der Waals surface area contributed by atoms with Crippen LogP contribution < -0.4 is 5.56 Å². The van der Waals surface area contributed by atoms with Gasteiger partial charge < -0.3 is 4.90 Å². The SMILES string of the molecule is C=C(C)CN(CC)C(=O)CSc1nc2ccccc2c(=O)n1-c1ccc(C)c(C)c1. The van der Waals surface area contributed by atoms with E-state index < -0.39 is 0 Å². The minimum absolute atomic E-state index is 0.000422. The van der Waals surface area contributed by atoms with E-state index in [1.54, 1.807) is 15.5 Å². The number of hydrogen-bond donors (Lipinski definition) is 0. The first-order valence-electron chi connectivity index (χ1n) is 9.96. The summed E-state index contributed by atoms with van der Waals surface area (Å²) < 4.78 is 1.61. The average molecular weight is 422 g/mol. The maximum absolute atomic E-state index is 13.3. The normalized spacial score (nSPS) is 10.9. The van der Waals surface area contributed by atoms with Crippen LogP contribution in [0, 0.1) is 13.8 Å². The zero-order valence-corrected chi connectivity index (χ0v) is 18.8. The largest absolute Gasteiger partial charge is 0.338 e. The average Bonchev–Trinajstić information content (AvgIpc) is 2.72. The first kappa shape index (κ1) is 21.8. The number of thioether (sulfide) groups is 1. The molecule has 0 N–H and O–H groups in total. The lowest BCUT2D eigenvalue weighted by molar-refractivity contribution is -0.127. The minimum atomic E-state index is -0.131. The molecule has 0 bridgehead atoms. The van der Waals surface area contributed by atoms with Crippen LogP contribution in [0.1, 0.15) is 25.0 Å². The Hall–Kier alpha value is -2.86. The Bertz CT molecular complexity index is 1170. The molecule has 1 aromatic heterocycles. The summed E-state index contributed by atoms with van der Waals surface area (Å²) in [7, 11) is 0. The van der Waals surface area contributed by atoms with Crippen molar-refractivity contribution in [2.75, 3.05) is 18.8 Å². The van der Waals surface area contributed by atoms with E-state index in [1.165, 1.54) is 11.8 Å². The van der Waals surface area contributed by atoms with E-state index >= 15 is 0 Å². The van der Waals surface area contributed by atoms with Crippen LogP contribution in [0.25, 0.3) is 16.6 Å². The van der Waals surface area contributed by atoms with Crippen molar-refractivity contribution in [2.45, 2.75) is 32.9 Å². The van der Waals surface area contributed by atoms with Crippen molar-refractivity contribution in [3.8, 4) is 5.69 Å². The highest BCUT2D eigenvalue weighted by atomic mass is 32.2. The number of likely N-dealkylation sites (N-methyl/N-ethyl adjacent to an activating group) is 1. The van der Waals surface area contributed by atoms with Crippen molar-refractivity contribution in [2.24, 2.45) is 0 Å². The molecule has 0 aliphatic rings. The molecule has 2 aromatic carbocycles. The van der Waals surface area contributed by atoms with E-state index in [-0.39, 0.29) is 17.2 Å². The second kappa shape index (κ2) is 9.30. The van der Waals surface area contributed by atoms with Gasteiger partial charge >= 0.3 is 0 Å². The zero-order chi connectivity index (χ0) is 21.8. The Balaban J connectivity index is 2.04. The second-order valence-corrected chi connectivity index (χ2v) is 8.42. The molecular formula is C24H27N3O2S. The monoisotopic (exact) mass is 421 g/mol. The number of aryl methyl sites for hydroxylation is 2. The third-order valence-corrected chi connectivity index (χ3v) is 5.94. The van der Waals surface area contributed by atoms with Gasteiger partial charge in [0.1, 0.15) is 0 Å². The van der Waals surface area contributed by atoms with Crippen LogP contribution in [0.3, 0.4) is 0 Å². The third kappa shape index (κ3) is 4.65. The lowest BCUT2D eigenvalue weighted by atomic mass is 10.1.